The zero-order valence-electron chi connectivity index (χ0n) is 14.6. The van der Waals surface area contributed by atoms with Gasteiger partial charge >= 0.3 is 6.18 Å². The highest BCUT2D eigenvalue weighted by Gasteiger charge is 2.30. The number of halogens is 3. The number of carbonyl (C=O) groups is 1. The van der Waals surface area contributed by atoms with Gasteiger partial charge in [-0.2, -0.15) is 13.2 Å². The Balaban J connectivity index is 1.79. The molecule has 3 rings (SSSR count). The number of carbonyl (C=O) groups excluding carboxylic acids is 1. The lowest BCUT2D eigenvalue weighted by Crippen LogP contribution is -2.29. The van der Waals surface area contributed by atoms with E-state index in [1.54, 1.807) is 37.3 Å². The number of amides is 1. The highest BCUT2D eigenvalue weighted by molar-refractivity contribution is 5.92. The molecule has 1 aromatic carbocycles. The number of nitrogens with one attached hydrogen (secondary N) is 2. The van der Waals surface area contributed by atoms with E-state index in [0.29, 0.717) is 11.8 Å². The average molecular weight is 388 g/mol. The van der Waals surface area contributed by atoms with E-state index >= 15 is 0 Å². The van der Waals surface area contributed by atoms with Gasteiger partial charge in [-0.1, -0.05) is 30.3 Å². The van der Waals surface area contributed by atoms with Gasteiger partial charge in [-0.3, -0.25) is 14.6 Å². The van der Waals surface area contributed by atoms with Gasteiger partial charge < -0.3 is 10.3 Å². The third-order valence-electron chi connectivity index (χ3n) is 3.93. The standard InChI is InChI=1S/C19H15F3N4O2/c1-11(14-8-7-13(10-23-14)19(20,21)22)24-18(28)15-9-16(27)26-17(25-15)12-5-3-2-4-6-12/h2-11H,1H3,(H,24,28)(H,25,26,27). The molecule has 0 bridgehead atoms. The van der Waals surface area contributed by atoms with Gasteiger partial charge in [0.2, 0.25) is 0 Å². The summed E-state index contributed by atoms with van der Waals surface area (Å²) in [6, 6.07) is 11.2. The SMILES string of the molecule is CC(NC(=O)c1cc(=O)[nH]c(-c2ccccc2)n1)c1ccc(C(F)(F)F)cn1. The molecule has 2 N–H and O–H groups in total. The van der Waals surface area contributed by atoms with Crippen LogP contribution in [-0.2, 0) is 6.18 Å². The molecule has 0 spiro atoms. The molecule has 0 aliphatic carbocycles. The average Bonchev–Trinajstić information content (AvgIpc) is 2.67. The van der Waals surface area contributed by atoms with Crippen molar-refractivity contribution in [3.63, 3.8) is 0 Å². The van der Waals surface area contributed by atoms with E-state index in [9.17, 15) is 22.8 Å². The van der Waals surface area contributed by atoms with Gasteiger partial charge in [0.15, 0.2) is 0 Å². The molecule has 0 fully saturated rings. The summed E-state index contributed by atoms with van der Waals surface area (Å²) in [4.78, 5) is 34.8. The first-order valence-corrected chi connectivity index (χ1v) is 8.25. The van der Waals surface area contributed by atoms with Crippen LogP contribution in [0.1, 0.15) is 34.7 Å². The topological polar surface area (TPSA) is 87.7 Å². The fourth-order valence-corrected chi connectivity index (χ4v) is 2.48. The quantitative estimate of drug-likeness (QED) is 0.718. The Bertz CT molecular complexity index is 1030. The maximum absolute atomic E-state index is 12.6. The molecule has 0 aliphatic rings. The van der Waals surface area contributed by atoms with Gasteiger partial charge in [0.1, 0.15) is 11.5 Å². The van der Waals surface area contributed by atoms with Crippen LogP contribution in [0.5, 0.6) is 0 Å². The summed E-state index contributed by atoms with van der Waals surface area (Å²) in [7, 11) is 0. The second kappa shape index (κ2) is 7.63. The summed E-state index contributed by atoms with van der Waals surface area (Å²) in [6.07, 6.45) is -3.78. The lowest BCUT2D eigenvalue weighted by atomic mass is 10.1. The fraction of sp³-hybridized carbons (Fsp3) is 0.158. The number of alkyl halides is 3. The van der Waals surface area contributed by atoms with Gasteiger partial charge in [0.25, 0.3) is 11.5 Å². The molecule has 1 amide bonds. The molecule has 2 aromatic heterocycles. The molecule has 1 unspecified atom stereocenters. The number of benzene rings is 1. The monoisotopic (exact) mass is 388 g/mol. The van der Waals surface area contributed by atoms with Crippen molar-refractivity contribution in [2.75, 3.05) is 0 Å². The van der Waals surface area contributed by atoms with Crippen molar-refractivity contribution in [2.45, 2.75) is 19.1 Å². The van der Waals surface area contributed by atoms with Crippen molar-refractivity contribution >= 4 is 5.91 Å². The summed E-state index contributed by atoms with van der Waals surface area (Å²) < 4.78 is 37.9. The summed E-state index contributed by atoms with van der Waals surface area (Å²) in [5.41, 5.74) is -0.611. The molecular formula is C19H15F3N4O2. The third-order valence-corrected chi connectivity index (χ3v) is 3.93. The summed E-state index contributed by atoms with van der Waals surface area (Å²) in [5, 5.41) is 2.58. The Labute approximate surface area is 157 Å². The van der Waals surface area contributed by atoms with Crippen LogP contribution in [0.2, 0.25) is 0 Å². The molecule has 0 saturated heterocycles. The minimum absolute atomic E-state index is 0.110. The van der Waals surface area contributed by atoms with Crippen LogP contribution < -0.4 is 10.9 Å². The zero-order valence-corrected chi connectivity index (χ0v) is 14.6. The van der Waals surface area contributed by atoms with Gasteiger partial charge in [0, 0.05) is 17.8 Å². The molecule has 0 aliphatic heterocycles. The molecule has 2 heterocycles. The minimum atomic E-state index is -4.49. The number of hydrogen-bond acceptors (Lipinski definition) is 4. The van der Waals surface area contributed by atoms with Gasteiger partial charge in [-0.05, 0) is 19.1 Å². The first-order valence-electron chi connectivity index (χ1n) is 8.25. The van der Waals surface area contributed by atoms with Crippen LogP contribution in [0.4, 0.5) is 13.2 Å². The van der Waals surface area contributed by atoms with Crippen LogP contribution in [0.25, 0.3) is 11.4 Å². The largest absolute Gasteiger partial charge is 0.417 e. The summed E-state index contributed by atoms with van der Waals surface area (Å²) in [6.45, 7) is 1.57. The molecule has 144 valence electrons. The van der Waals surface area contributed by atoms with E-state index in [0.717, 1.165) is 12.1 Å². The van der Waals surface area contributed by atoms with Gasteiger partial charge in [-0.25, -0.2) is 4.98 Å². The van der Waals surface area contributed by atoms with Gasteiger partial charge in [0.05, 0.1) is 17.3 Å². The number of aromatic amines is 1. The predicted octanol–water partition coefficient (Wildman–Crippen LogP) is 3.34. The van der Waals surface area contributed by atoms with E-state index in [2.05, 4.69) is 20.3 Å². The van der Waals surface area contributed by atoms with E-state index in [1.807, 2.05) is 0 Å². The lowest BCUT2D eigenvalue weighted by molar-refractivity contribution is -0.137. The molecule has 3 aromatic rings. The Hall–Kier alpha value is -3.49. The Morgan fingerprint density at radius 3 is 2.46 bits per heavy atom. The van der Waals surface area contributed by atoms with Crippen molar-refractivity contribution in [3.05, 3.63) is 82.0 Å². The molecule has 0 radical (unpaired) electrons. The molecule has 9 heteroatoms. The summed E-state index contributed by atoms with van der Waals surface area (Å²) in [5.74, 6) is -0.406. The van der Waals surface area contributed by atoms with Crippen molar-refractivity contribution in [2.24, 2.45) is 0 Å². The fourth-order valence-electron chi connectivity index (χ4n) is 2.48. The number of H-pyrrole nitrogens is 1. The molecule has 6 nitrogen and oxygen atoms in total. The number of nitrogens with zero attached hydrogens (tertiary/aromatic N) is 2. The van der Waals surface area contributed by atoms with E-state index < -0.39 is 29.2 Å². The van der Waals surface area contributed by atoms with Crippen LogP contribution in [-0.4, -0.2) is 20.9 Å². The lowest BCUT2D eigenvalue weighted by Gasteiger charge is -2.14. The molecule has 0 saturated carbocycles. The highest BCUT2D eigenvalue weighted by atomic mass is 19.4. The second-order valence-corrected chi connectivity index (χ2v) is 6.01. The van der Waals surface area contributed by atoms with Crippen molar-refractivity contribution in [3.8, 4) is 11.4 Å². The Morgan fingerprint density at radius 2 is 1.86 bits per heavy atom. The molecule has 28 heavy (non-hydrogen) atoms. The first-order chi connectivity index (χ1) is 13.2. The van der Waals surface area contributed by atoms with Crippen LogP contribution in [0.15, 0.2) is 59.5 Å². The van der Waals surface area contributed by atoms with Crippen LogP contribution in [0.3, 0.4) is 0 Å². The predicted molar refractivity (Wildman–Crippen MR) is 95.4 cm³/mol. The first kappa shape index (κ1) is 19.3. The van der Waals surface area contributed by atoms with Crippen molar-refractivity contribution in [1.82, 2.24) is 20.3 Å². The van der Waals surface area contributed by atoms with Gasteiger partial charge in [-0.15, -0.1) is 0 Å². The maximum Gasteiger partial charge on any atom is 0.417 e. The number of pyridine rings is 1. The van der Waals surface area contributed by atoms with E-state index in [1.165, 1.54) is 6.07 Å². The number of aromatic nitrogens is 3. The zero-order chi connectivity index (χ0) is 20.3. The maximum atomic E-state index is 12.6. The van der Waals surface area contributed by atoms with Crippen LogP contribution >= 0.6 is 0 Å². The molecule has 1 atom stereocenters. The van der Waals surface area contributed by atoms with E-state index in [4.69, 9.17) is 0 Å². The van der Waals surface area contributed by atoms with E-state index in [-0.39, 0.29) is 17.2 Å². The van der Waals surface area contributed by atoms with Crippen molar-refractivity contribution in [1.29, 1.82) is 0 Å². The smallest absolute Gasteiger partial charge is 0.343 e. The number of hydrogen-bond donors (Lipinski definition) is 2. The summed E-state index contributed by atoms with van der Waals surface area (Å²) >= 11 is 0. The van der Waals surface area contributed by atoms with Crippen molar-refractivity contribution < 1.29 is 18.0 Å². The normalized spacial score (nSPS) is 12.4. The highest BCUT2D eigenvalue weighted by Crippen LogP contribution is 2.28. The minimum Gasteiger partial charge on any atom is -0.343 e. The van der Waals surface area contributed by atoms with Crippen LogP contribution in [0, 0.1) is 0 Å². The number of rotatable bonds is 4. The Kier molecular flexibility index (Phi) is 5.25. The third kappa shape index (κ3) is 4.43. The second-order valence-electron chi connectivity index (χ2n) is 6.01. The molecular weight excluding hydrogens is 373 g/mol. The Morgan fingerprint density at radius 1 is 1.14 bits per heavy atom.